The lowest BCUT2D eigenvalue weighted by Gasteiger charge is -2.14. The Hall–Kier alpha value is -1.61. The van der Waals surface area contributed by atoms with Crippen molar-refractivity contribution in [1.82, 2.24) is 14.9 Å². The van der Waals surface area contributed by atoms with Crippen LogP contribution in [-0.4, -0.2) is 22.6 Å². The van der Waals surface area contributed by atoms with Gasteiger partial charge < -0.3 is 9.88 Å². The monoisotopic (exact) mass is 255 g/mol. The average molecular weight is 255 g/mol. The van der Waals surface area contributed by atoms with Crippen molar-refractivity contribution < 1.29 is 0 Å². The van der Waals surface area contributed by atoms with Gasteiger partial charge in [0.1, 0.15) is 0 Å². The van der Waals surface area contributed by atoms with Gasteiger partial charge in [0.2, 0.25) is 0 Å². The summed E-state index contributed by atoms with van der Waals surface area (Å²) in [7, 11) is 0. The molecule has 2 aromatic rings. The van der Waals surface area contributed by atoms with Crippen LogP contribution in [0.5, 0.6) is 0 Å². The second kappa shape index (κ2) is 5.17. The van der Waals surface area contributed by atoms with Gasteiger partial charge in [0.05, 0.1) is 6.33 Å². The van der Waals surface area contributed by atoms with Crippen LogP contribution >= 0.6 is 0 Å². The number of nitrogens with one attached hydrogen (secondary N) is 1. The van der Waals surface area contributed by atoms with Crippen molar-refractivity contribution in [3.63, 3.8) is 0 Å². The van der Waals surface area contributed by atoms with E-state index in [1.54, 1.807) is 0 Å². The van der Waals surface area contributed by atoms with Crippen molar-refractivity contribution in [3.8, 4) is 5.69 Å². The third kappa shape index (κ3) is 2.43. The minimum atomic E-state index is 0.579. The smallest absolute Gasteiger partial charge is 0.0994 e. The molecule has 1 aliphatic rings. The maximum absolute atomic E-state index is 4.34. The maximum atomic E-state index is 4.34. The van der Waals surface area contributed by atoms with Crippen molar-refractivity contribution in [3.05, 3.63) is 48.0 Å². The molecular formula is C16H21N3. The van der Waals surface area contributed by atoms with Crippen LogP contribution in [0.25, 0.3) is 5.69 Å². The molecule has 1 aromatic heterocycles. The molecule has 0 aliphatic carbocycles. The molecule has 1 aliphatic heterocycles. The summed E-state index contributed by atoms with van der Waals surface area (Å²) in [6.07, 6.45) is 5.14. The molecule has 1 aromatic carbocycles. The second-order valence-corrected chi connectivity index (χ2v) is 5.62. The summed E-state index contributed by atoms with van der Waals surface area (Å²) < 4.78 is 2.22. The van der Waals surface area contributed by atoms with Crippen LogP contribution in [0.4, 0.5) is 0 Å². The first-order chi connectivity index (χ1) is 9.25. The van der Waals surface area contributed by atoms with Crippen LogP contribution in [0, 0.1) is 0 Å². The zero-order chi connectivity index (χ0) is 13.2. The van der Waals surface area contributed by atoms with Crippen LogP contribution < -0.4 is 5.32 Å². The van der Waals surface area contributed by atoms with Gasteiger partial charge in [0, 0.05) is 30.0 Å². The van der Waals surface area contributed by atoms with Gasteiger partial charge in [-0.1, -0.05) is 26.0 Å². The summed E-state index contributed by atoms with van der Waals surface area (Å²) in [5, 5.41) is 3.42. The first kappa shape index (κ1) is 12.4. The van der Waals surface area contributed by atoms with E-state index in [1.807, 2.05) is 12.5 Å². The highest BCUT2D eigenvalue weighted by Crippen LogP contribution is 2.25. The van der Waals surface area contributed by atoms with Crippen LogP contribution in [0.3, 0.4) is 0 Å². The Morgan fingerprint density at radius 1 is 1.26 bits per heavy atom. The van der Waals surface area contributed by atoms with Gasteiger partial charge in [0.25, 0.3) is 0 Å². The standard InChI is InChI=1S/C16H21N3/c1-12(2)13-3-5-15(6-4-13)19-11-18-10-16(19)14-7-8-17-9-14/h3-6,10-12,14,17H,7-9H2,1-2H3. The SMILES string of the molecule is CC(C)c1ccc(-n2cncc2C2CCNC2)cc1. The normalized spacial score (nSPS) is 19.2. The lowest BCUT2D eigenvalue weighted by atomic mass is 10.0. The van der Waals surface area contributed by atoms with Crippen molar-refractivity contribution in [1.29, 1.82) is 0 Å². The zero-order valence-corrected chi connectivity index (χ0v) is 11.6. The number of aromatic nitrogens is 2. The Bertz CT molecular complexity index is 533. The predicted molar refractivity (Wildman–Crippen MR) is 77.9 cm³/mol. The Labute approximate surface area is 114 Å². The molecule has 0 saturated carbocycles. The van der Waals surface area contributed by atoms with Crippen LogP contribution in [-0.2, 0) is 0 Å². The predicted octanol–water partition coefficient (Wildman–Crippen LogP) is 3.07. The number of benzene rings is 1. The van der Waals surface area contributed by atoms with E-state index < -0.39 is 0 Å². The summed E-state index contributed by atoms with van der Waals surface area (Å²) in [6.45, 7) is 6.63. The summed E-state index contributed by atoms with van der Waals surface area (Å²) >= 11 is 0. The topological polar surface area (TPSA) is 29.9 Å². The van der Waals surface area contributed by atoms with E-state index in [1.165, 1.54) is 23.4 Å². The zero-order valence-electron chi connectivity index (χ0n) is 11.6. The van der Waals surface area contributed by atoms with Crippen molar-refractivity contribution in [2.24, 2.45) is 0 Å². The molecule has 1 fully saturated rings. The third-order valence-corrected chi connectivity index (χ3v) is 3.98. The van der Waals surface area contributed by atoms with Crippen LogP contribution in [0.2, 0.25) is 0 Å². The number of hydrogen-bond acceptors (Lipinski definition) is 2. The molecular weight excluding hydrogens is 234 g/mol. The van der Waals surface area contributed by atoms with E-state index in [9.17, 15) is 0 Å². The molecule has 1 N–H and O–H groups in total. The van der Waals surface area contributed by atoms with E-state index in [0.29, 0.717) is 11.8 Å². The lowest BCUT2D eigenvalue weighted by Crippen LogP contribution is -2.10. The Kier molecular flexibility index (Phi) is 3.38. The molecule has 100 valence electrons. The van der Waals surface area contributed by atoms with E-state index in [-0.39, 0.29) is 0 Å². The van der Waals surface area contributed by atoms with E-state index in [0.717, 1.165) is 13.1 Å². The fourth-order valence-corrected chi connectivity index (χ4v) is 2.75. The highest BCUT2D eigenvalue weighted by atomic mass is 15.1. The highest BCUT2D eigenvalue weighted by molar-refractivity contribution is 5.38. The summed E-state index contributed by atoms with van der Waals surface area (Å²) in [4.78, 5) is 4.34. The molecule has 1 unspecified atom stereocenters. The summed E-state index contributed by atoms with van der Waals surface area (Å²) in [5.74, 6) is 1.17. The number of nitrogens with zero attached hydrogens (tertiary/aromatic N) is 2. The molecule has 19 heavy (non-hydrogen) atoms. The fourth-order valence-electron chi connectivity index (χ4n) is 2.75. The quantitative estimate of drug-likeness (QED) is 0.913. The first-order valence-corrected chi connectivity index (χ1v) is 7.09. The maximum Gasteiger partial charge on any atom is 0.0994 e. The van der Waals surface area contributed by atoms with Gasteiger partial charge in [-0.15, -0.1) is 0 Å². The summed E-state index contributed by atoms with van der Waals surface area (Å²) in [6, 6.07) is 8.83. The van der Waals surface area contributed by atoms with Crippen LogP contribution in [0.15, 0.2) is 36.8 Å². The summed E-state index contributed by atoms with van der Waals surface area (Å²) in [5.41, 5.74) is 3.92. The highest BCUT2D eigenvalue weighted by Gasteiger charge is 2.20. The molecule has 3 nitrogen and oxygen atoms in total. The molecule has 3 heteroatoms. The molecule has 1 atom stereocenters. The van der Waals surface area contributed by atoms with Crippen LogP contribution in [0.1, 0.15) is 43.4 Å². The molecule has 0 spiro atoms. The van der Waals surface area contributed by atoms with Crippen molar-refractivity contribution in [2.75, 3.05) is 13.1 Å². The van der Waals surface area contributed by atoms with E-state index in [4.69, 9.17) is 0 Å². The third-order valence-electron chi connectivity index (χ3n) is 3.98. The molecule has 2 heterocycles. The van der Waals surface area contributed by atoms with Crippen molar-refractivity contribution in [2.45, 2.75) is 32.1 Å². The fraction of sp³-hybridized carbons (Fsp3) is 0.438. The Morgan fingerprint density at radius 3 is 2.68 bits per heavy atom. The van der Waals surface area contributed by atoms with Crippen molar-refractivity contribution >= 4 is 0 Å². The molecule has 3 rings (SSSR count). The molecule has 0 amide bonds. The number of rotatable bonds is 3. The van der Waals surface area contributed by atoms with Gasteiger partial charge in [0.15, 0.2) is 0 Å². The molecule has 1 saturated heterocycles. The minimum Gasteiger partial charge on any atom is -0.316 e. The minimum absolute atomic E-state index is 0.579. The van der Waals surface area contributed by atoms with Gasteiger partial charge in [-0.2, -0.15) is 0 Å². The van der Waals surface area contributed by atoms with E-state index in [2.05, 4.69) is 53.0 Å². The number of imidazole rings is 1. The van der Waals surface area contributed by atoms with Gasteiger partial charge in [-0.25, -0.2) is 4.98 Å². The van der Waals surface area contributed by atoms with E-state index >= 15 is 0 Å². The molecule has 0 bridgehead atoms. The Balaban J connectivity index is 1.91. The molecule has 0 radical (unpaired) electrons. The van der Waals surface area contributed by atoms with Gasteiger partial charge in [-0.05, 0) is 36.6 Å². The van der Waals surface area contributed by atoms with Gasteiger partial charge in [-0.3, -0.25) is 0 Å². The Morgan fingerprint density at radius 2 is 2.05 bits per heavy atom. The number of hydrogen-bond donors (Lipinski definition) is 1. The second-order valence-electron chi connectivity index (χ2n) is 5.62. The van der Waals surface area contributed by atoms with Gasteiger partial charge >= 0.3 is 0 Å². The average Bonchev–Trinajstić information content (AvgIpc) is 3.09. The lowest BCUT2D eigenvalue weighted by molar-refractivity contribution is 0.713. The largest absolute Gasteiger partial charge is 0.316 e. The first-order valence-electron chi connectivity index (χ1n) is 7.09.